The molecule has 0 radical (unpaired) electrons. The molecule has 1 aliphatic rings. The smallest absolute Gasteiger partial charge is 0.423 e. The van der Waals surface area contributed by atoms with E-state index in [4.69, 9.17) is 10.0 Å². The van der Waals surface area contributed by atoms with Crippen LogP contribution in [0.1, 0.15) is 11.1 Å². The van der Waals surface area contributed by atoms with Crippen molar-refractivity contribution in [2.45, 2.75) is 0 Å². The molecule has 2 aromatic rings. The lowest BCUT2D eigenvalue weighted by Gasteiger charge is -2.05. The van der Waals surface area contributed by atoms with Crippen molar-refractivity contribution in [2.24, 2.45) is 0 Å². The van der Waals surface area contributed by atoms with Gasteiger partial charge in [0, 0.05) is 0 Å². The zero-order chi connectivity index (χ0) is 10.4. The Morgan fingerprint density at radius 2 is 1.73 bits per heavy atom. The molecule has 0 aliphatic heterocycles. The van der Waals surface area contributed by atoms with Crippen LogP contribution < -0.4 is 5.46 Å². The fourth-order valence-corrected chi connectivity index (χ4v) is 2.11. The van der Waals surface area contributed by atoms with Crippen LogP contribution in [-0.4, -0.2) is 17.2 Å². The van der Waals surface area contributed by atoms with Gasteiger partial charge in [-0.15, -0.1) is 0 Å². The first-order valence-corrected chi connectivity index (χ1v) is 4.86. The number of rotatable bonds is 1. The van der Waals surface area contributed by atoms with Gasteiger partial charge in [-0.25, -0.2) is 0 Å². The highest BCUT2D eigenvalue weighted by molar-refractivity contribution is 6.59. The molecule has 0 spiro atoms. The summed E-state index contributed by atoms with van der Waals surface area (Å²) in [5.41, 5.74) is 2.80. The minimum absolute atomic E-state index is 0.543. The largest absolute Gasteiger partial charge is 0.488 e. The topological polar surface area (TPSA) is 40.5 Å². The van der Waals surface area contributed by atoms with E-state index in [0.29, 0.717) is 5.46 Å². The Morgan fingerprint density at radius 1 is 0.933 bits per heavy atom. The first-order valence-electron chi connectivity index (χ1n) is 4.86. The van der Waals surface area contributed by atoms with Crippen LogP contribution in [0.25, 0.3) is 22.9 Å². The first-order chi connectivity index (χ1) is 7.25. The molecule has 3 rings (SSSR count). The van der Waals surface area contributed by atoms with Crippen LogP contribution in [0.5, 0.6) is 0 Å². The monoisotopic (exact) mass is 196 g/mol. The van der Waals surface area contributed by atoms with Gasteiger partial charge in [0.2, 0.25) is 0 Å². The van der Waals surface area contributed by atoms with E-state index in [1.54, 1.807) is 0 Å². The average Bonchev–Trinajstić information content (AvgIpc) is 2.64. The van der Waals surface area contributed by atoms with Crippen LogP contribution in [0.3, 0.4) is 0 Å². The van der Waals surface area contributed by atoms with Crippen LogP contribution in [0, 0.1) is 0 Å². The van der Waals surface area contributed by atoms with Crippen molar-refractivity contribution >= 4 is 35.5 Å². The van der Waals surface area contributed by atoms with Crippen molar-refractivity contribution in [3.63, 3.8) is 0 Å². The van der Waals surface area contributed by atoms with E-state index in [-0.39, 0.29) is 0 Å². The Kier molecular flexibility index (Phi) is 1.72. The molecular formula is C12H9BO2. The molecule has 0 atom stereocenters. The van der Waals surface area contributed by atoms with Crippen LogP contribution in [0.15, 0.2) is 30.3 Å². The van der Waals surface area contributed by atoms with Gasteiger partial charge in [-0.1, -0.05) is 42.5 Å². The molecule has 0 saturated carbocycles. The molecule has 2 nitrogen and oxygen atoms in total. The third-order valence-corrected chi connectivity index (χ3v) is 2.80. The molecule has 0 saturated heterocycles. The molecule has 72 valence electrons. The van der Waals surface area contributed by atoms with Crippen LogP contribution in [0.2, 0.25) is 0 Å². The third kappa shape index (κ3) is 1.21. The normalized spacial score (nSPS) is 12.4. The summed E-state index contributed by atoms with van der Waals surface area (Å²) in [6, 6.07) is 9.66. The maximum absolute atomic E-state index is 9.15. The van der Waals surface area contributed by atoms with E-state index >= 15 is 0 Å². The maximum Gasteiger partial charge on any atom is 0.488 e. The predicted octanol–water partition coefficient (Wildman–Crippen LogP) is 1.00. The summed E-state index contributed by atoms with van der Waals surface area (Å²) in [6.07, 6.45) is 4.05. The number of hydrogen-bond donors (Lipinski definition) is 2. The fourth-order valence-electron chi connectivity index (χ4n) is 2.11. The van der Waals surface area contributed by atoms with Crippen molar-refractivity contribution in [3.8, 4) is 0 Å². The molecule has 15 heavy (non-hydrogen) atoms. The Morgan fingerprint density at radius 3 is 2.53 bits per heavy atom. The number of benzene rings is 2. The van der Waals surface area contributed by atoms with Crippen LogP contribution in [-0.2, 0) is 0 Å². The Bertz CT molecular complexity index is 573. The molecule has 0 heterocycles. The maximum atomic E-state index is 9.15. The highest BCUT2D eigenvalue weighted by Crippen LogP contribution is 2.30. The lowest BCUT2D eigenvalue weighted by Crippen LogP contribution is -2.29. The summed E-state index contributed by atoms with van der Waals surface area (Å²) >= 11 is 0. The predicted molar refractivity (Wildman–Crippen MR) is 62.7 cm³/mol. The van der Waals surface area contributed by atoms with Gasteiger partial charge >= 0.3 is 7.12 Å². The molecule has 0 bridgehead atoms. The second kappa shape index (κ2) is 2.96. The summed E-state index contributed by atoms with van der Waals surface area (Å²) in [6.45, 7) is 0. The van der Waals surface area contributed by atoms with Gasteiger partial charge in [0.25, 0.3) is 0 Å². The zero-order valence-corrected chi connectivity index (χ0v) is 8.01. The van der Waals surface area contributed by atoms with E-state index in [9.17, 15) is 0 Å². The summed E-state index contributed by atoms with van der Waals surface area (Å²) < 4.78 is 0. The second-order valence-electron chi connectivity index (χ2n) is 3.76. The van der Waals surface area contributed by atoms with E-state index in [0.717, 1.165) is 10.9 Å². The van der Waals surface area contributed by atoms with Crippen LogP contribution in [0.4, 0.5) is 0 Å². The van der Waals surface area contributed by atoms with Gasteiger partial charge in [0.1, 0.15) is 0 Å². The molecule has 0 fully saturated rings. The summed E-state index contributed by atoms with van der Waals surface area (Å²) in [5.74, 6) is 0. The SMILES string of the molecule is OB(O)c1cc2c3c(cccc3c1)C=C2. The molecular weight excluding hydrogens is 187 g/mol. The van der Waals surface area contributed by atoms with E-state index in [1.165, 1.54) is 10.9 Å². The fraction of sp³-hybridized carbons (Fsp3) is 0. The summed E-state index contributed by atoms with van der Waals surface area (Å²) in [7, 11) is -1.40. The third-order valence-electron chi connectivity index (χ3n) is 2.80. The Labute approximate surface area is 87.6 Å². The van der Waals surface area contributed by atoms with Gasteiger partial charge in [0.05, 0.1) is 0 Å². The van der Waals surface area contributed by atoms with Crippen molar-refractivity contribution in [3.05, 3.63) is 41.5 Å². The minimum atomic E-state index is -1.40. The molecule has 2 N–H and O–H groups in total. The van der Waals surface area contributed by atoms with E-state index in [2.05, 4.69) is 6.07 Å². The Balaban J connectivity index is 2.40. The van der Waals surface area contributed by atoms with Crippen molar-refractivity contribution in [2.75, 3.05) is 0 Å². The molecule has 0 aromatic heterocycles. The quantitative estimate of drug-likeness (QED) is 0.570. The number of hydrogen-bond acceptors (Lipinski definition) is 2. The molecule has 0 unspecified atom stereocenters. The molecule has 1 aliphatic carbocycles. The Hall–Kier alpha value is -1.58. The lowest BCUT2D eigenvalue weighted by atomic mass is 9.78. The zero-order valence-electron chi connectivity index (χ0n) is 8.01. The highest BCUT2D eigenvalue weighted by atomic mass is 16.4. The molecule has 3 heteroatoms. The van der Waals surface area contributed by atoms with Crippen molar-refractivity contribution in [1.82, 2.24) is 0 Å². The standard InChI is InChI=1S/C12H9BO2/c14-13(15)11-6-9-3-1-2-8-4-5-10(7-11)12(8)9/h1-7,14-15H. The average molecular weight is 196 g/mol. The molecule has 2 aromatic carbocycles. The van der Waals surface area contributed by atoms with E-state index in [1.807, 2.05) is 36.4 Å². The van der Waals surface area contributed by atoms with Gasteiger partial charge in [0.15, 0.2) is 0 Å². The van der Waals surface area contributed by atoms with Gasteiger partial charge < -0.3 is 10.0 Å². The first kappa shape index (κ1) is 8.71. The van der Waals surface area contributed by atoms with Crippen molar-refractivity contribution in [1.29, 1.82) is 0 Å². The van der Waals surface area contributed by atoms with Gasteiger partial charge in [-0.05, 0) is 27.4 Å². The van der Waals surface area contributed by atoms with E-state index < -0.39 is 7.12 Å². The second-order valence-corrected chi connectivity index (χ2v) is 3.76. The minimum Gasteiger partial charge on any atom is -0.423 e. The summed E-state index contributed by atoms with van der Waals surface area (Å²) in [5, 5.41) is 20.6. The van der Waals surface area contributed by atoms with Crippen molar-refractivity contribution < 1.29 is 10.0 Å². The lowest BCUT2D eigenvalue weighted by molar-refractivity contribution is 0.426. The van der Waals surface area contributed by atoms with Gasteiger partial charge in [-0.2, -0.15) is 0 Å². The summed E-state index contributed by atoms with van der Waals surface area (Å²) in [4.78, 5) is 0. The molecule has 0 amide bonds. The van der Waals surface area contributed by atoms with Gasteiger partial charge in [-0.3, -0.25) is 0 Å². The highest BCUT2D eigenvalue weighted by Gasteiger charge is 2.16. The van der Waals surface area contributed by atoms with Crippen LogP contribution >= 0.6 is 0 Å².